The molecule has 3 heterocycles. The number of carboxylic acid groups (broad SMARTS) is 1. The van der Waals surface area contributed by atoms with Gasteiger partial charge >= 0.3 is 5.97 Å². The number of hydrogen-bond donors (Lipinski definition) is 3. The van der Waals surface area contributed by atoms with Crippen LogP contribution >= 0.6 is 0 Å². The molecule has 134 valence electrons. The molecule has 1 amide bonds. The van der Waals surface area contributed by atoms with E-state index in [4.69, 9.17) is 4.74 Å². The molecule has 1 aromatic carbocycles. The van der Waals surface area contributed by atoms with Crippen molar-refractivity contribution in [2.75, 3.05) is 18.5 Å². The van der Waals surface area contributed by atoms with E-state index in [1.165, 1.54) is 6.07 Å². The molecule has 26 heavy (non-hydrogen) atoms. The molecule has 0 bridgehead atoms. The molecule has 3 aromatic rings. The number of carboxylic acids is 1. The van der Waals surface area contributed by atoms with Crippen LogP contribution in [0.5, 0.6) is 0 Å². The quantitative estimate of drug-likeness (QED) is 0.651. The lowest BCUT2D eigenvalue weighted by molar-refractivity contribution is -0.116. The fraction of sp³-hybridized carbons (Fsp3) is 0.278. The molecule has 0 aliphatic carbocycles. The highest BCUT2D eigenvalue weighted by Gasteiger charge is 2.19. The first-order valence-electron chi connectivity index (χ1n) is 8.34. The molecule has 1 aliphatic rings. The molecule has 1 fully saturated rings. The molecule has 8 nitrogen and oxygen atoms in total. The van der Waals surface area contributed by atoms with Crippen LogP contribution in [0.15, 0.2) is 36.8 Å². The number of amides is 1. The number of aromatic amines is 1. The summed E-state index contributed by atoms with van der Waals surface area (Å²) in [5.41, 5.74) is 2.29. The molecule has 4 rings (SSSR count). The van der Waals surface area contributed by atoms with Crippen LogP contribution in [0.25, 0.3) is 10.9 Å². The number of fused-ring (bicyclic) bond motifs is 1. The number of ether oxygens (including phenoxy) is 1. The number of carbonyl (C=O) groups excluding carboxylic acids is 1. The zero-order chi connectivity index (χ0) is 18.1. The van der Waals surface area contributed by atoms with Gasteiger partial charge in [-0.25, -0.2) is 4.79 Å². The smallest absolute Gasteiger partial charge is 0.336 e. The summed E-state index contributed by atoms with van der Waals surface area (Å²) in [5, 5.41) is 16.9. The van der Waals surface area contributed by atoms with Crippen LogP contribution in [0.1, 0.15) is 28.3 Å². The minimum atomic E-state index is -1.04. The lowest BCUT2D eigenvalue weighted by atomic mass is 10.0. The molecular weight excluding hydrogens is 336 g/mol. The van der Waals surface area contributed by atoms with Crippen molar-refractivity contribution < 1.29 is 19.4 Å². The minimum Gasteiger partial charge on any atom is -0.478 e. The number of carbonyl (C=O) groups is 2. The Morgan fingerprint density at radius 3 is 3.08 bits per heavy atom. The van der Waals surface area contributed by atoms with Gasteiger partial charge in [0.05, 0.1) is 18.4 Å². The van der Waals surface area contributed by atoms with Gasteiger partial charge in [0.25, 0.3) is 0 Å². The van der Waals surface area contributed by atoms with Crippen molar-refractivity contribution in [3.05, 3.63) is 47.9 Å². The molecule has 2 aromatic heterocycles. The van der Waals surface area contributed by atoms with Crippen LogP contribution in [0.2, 0.25) is 0 Å². The van der Waals surface area contributed by atoms with E-state index in [0.717, 1.165) is 18.6 Å². The summed E-state index contributed by atoms with van der Waals surface area (Å²) in [7, 11) is 0. The maximum atomic E-state index is 12.3. The third-order valence-electron chi connectivity index (χ3n) is 4.54. The lowest BCUT2D eigenvalue weighted by Gasteiger charge is -2.08. The van der Waals surface area contributed by atoms with E-state index in [1.54, 1.807) is 29.2 Å². The maximum Gasteiger partial charge on any atom is 0.336 e. The summed E-state index contributed by atoms with van der Waals surface area (Å²) in [5.74, 6) is -0.981. The lowest BCUT2D eigenvalue weighted by Crippen LogP contribution is -2.19. The van der Waals surface area contributed by atoms with E-state index in [9.17, 15) is 14.7 Å². The van der Waals surface area contributed by atoms with Gasteiger partial charge in [-0.3, -0.25) is 9.48 Å². The average molecular weight is 354 g/mol. The van der Waals surface area contributed by atoms with E-state index in [-0.39, 0.29) is 18.0 Å². The van der Waals surface area contributed by atoms with Crippen LogP contribution in [-0.2, 0) is 16.1 Å². The molecule has 0 spiro atoms. The van der Waals surface area contributed by atoms with Gasteiger partial charge in [-0.05, 0) is 30.2 Å². The fourth-order valence-corrected chi connectivity index (χ4v) is 3.24. The monoisotopic (exact) mass is 354 g/mol. The standard InChI is InChI=1S/C18H18N4O4/c23-17(9-22-8-12(7-20-22)11-2-4-26-10-11)21-13-5-15(18(24)25)14-1-3-19-16(14)6-13/h1,3,5-8,11,19H,2,4,9-10H2,(H,21,23)(H,24,25). The molecule has 1 aliphatic heterocycles. The Kier molecular flexibility index (Phi) is 4.18. The summed E-state index contributed by atoms with van der Waals surface area (Å²) in [6.45, 7) is 1.49. The topological polar surface area (TPSA) is 109 Å². The molecule has 1 atom stereocenters. The van der Waals surface area contributed by atoms with Crippen LogP contribution in [0, 0.1) is 0 Å². The van der Waals surface area contributed by atoms with Gasteiger partial charge in [-0.2, -0.15) is 5.10 Å². The third-order valence-corrected chi connectivity index (χ3v) is 4.54. The van der Waals surface area contributed by atoms with Crippen LogP contribution in [-0.4, -0.2) is 45.0 Å². The largest absolute Gasteiger partial charge is 0.478 e. The highest BCUT2D eigenvalue weighted by atomic mass is 16.5. The summed E-state index contributed by atoms with van der Waals surface area (Å²) >= 11 is 0. The molecular formula is C18H18N4O4. The van der Waals surface area contributed by atoms with Gasteiger partial charge in [0.2, 0.25) is 5.91 Å². The molecule has 1 saturated heterocycles. The van der Waals surface area contributed by atoms with Gasteiger partial charge in [-0.1, -0.05) is 0 Å². The fourth-order valence-electron chi connectivity index (χ4n) is 3.24. The van der Waals surface area contributed by atoms with Crippen LogP contribution < -0.4 is 5.32 Å². The predicted octanol–water partition coefficient (Wildman–Crippen LogP) is 2.21. The van der Waals surface area contributed by atoms with Crippen molar-refractivity contribution in [3.63, 3.8) is 0 Å². The van der Waals surface area contributed by atoms with E-state index < -0.39 is 5.97 Å². The number of nitrogens with zero attached hydrogens (tertiary/aromatic N) is 2. The zero-order valence-electron chi connectivity index (χ0n) is 13.9. The first kappa shape index (κ1) is 16.3. The minimum absolute atomic E-state index is 0.0543. The Hall–Kier alpha value is -3.13. The van der Waals surface area contributed by atoms with Crippen molar-refractivity contribution in [2.45, 2.75) is 18.9 Å². The highest BCUT2D eigenvalue weighted by molar-refractivity contribution is 6.05. The summed E-state index contributed by atoms with van der Waals surface area (Å²) in [6.07, 6.45) is 6.25. The number of aromatic nitrogens is 3. The third kappa shape index (κ3) is 3.18. The van der Waals surface area contributed by atoms with Crippen molar-refractivity contribution in [1.82, 2.24) is 14.8 Å². The Morgan fingerprint density at radius 1 is 1.42 bits per heavy atom. The van der Waals surface area contributed by atoms with Gasteiger partial charge in [0, 0.05) is 41.5 Å². The number of anilines is 1. The van der Waals surface area contributed by atoms with Crippen molar-refractivity contribution in [2.24, 2.45) is 0 Å². The number of benzene rings is 1. The zero-order valence-corrected chi connectivity index (χ0v) is 13.9. The maximum absolute atomic E-state index is 12.3. The van der Waals surface area contributed by atoms with Gasteiger partial charge in [0.15, 0.2) is 0 Å². The predicted molar refractivity (Wildman–Crippen MR) is 94.3 cm³/mol. The molecule has 0 radical (unpaired) electrons. The second kappa shape index (κ2) is 6.64. The molecule has 8 heteroatoms. The van der Waals surface area contributed by atoms with E-state index in [2.05, 4.69) is 15.4 Å². The first-order chi connectivity index (χ1) is 12.6. The number of H-pyrrole nitrogens is 1. The first-order valence-corrected chi connectivity index (χ1v) is 8.34. The average Bonchev–Trinajstić information content (AvgIpc) is 3.34. The number of nitrogens with one attached hydrogen (secondary N) is 2. The summed E-state index contributed by atoms with van der Waals surface area (Å²) in [6, 6.07) is 4.87. The Labute approximate surface area is 148 Å². The Balaban J connectivity index is 1.48. The van der Waals surface area contributed by atoms with Gasteiger partial charge in [0.1, 0.15) is 6.54 Å². The molecule has 3 N–H and O–H groups in total. The van der Waals surface area contributed by atoms with Crippen molar-refractivity contribution >= 4 is 28.5 Å². The Bertz CT molecular complexity index is 969. The SMILES string of the molecule is O=C(Cn1cc(C2CCOC2)cn1)Nc1cc(C(=O)O)c2cc[nH]c2c1. The van der Waals surface area contributed by atoms with Crippen molar-refractivity contribution in [3.8, 4) is 0 Å². The van der Waals surface area contributed by atoms with E-state index >= 15 is 0 Å². The highest BCUT2D eigenvalue weighted by Crippen LogP contribution is 2.25. The van der Waals surface area contributed by atoms with Crippen LogP contribution in [0.4, 0.5) is 5.69 Å². The normalized spacial score (nSPS) is 16.8. The summed E-state index contributed by atoms with van der Waals surface area (Å²) in [4.78, 5) is 26.7. The van der Waals surface area contributed by atoms with Gasteiger partial charge < -0.3 is 20.1 Å². The van der Waals surface area contributed by atoms with Gasteiger partial charge in [-0.15, -0.1) is 0 Å². The Morgan fingerprint density at radius 2 is 2.31 bits per heavy atom. The second-order valence-corrected chi connectivity index (χ2v) is 6.35. The number of rotatable bonds is 5. The van der Waals surface area contributed by atoms with Crippen molar-refractivity contribution in [1.29, 1.82) is 0 Å². The molecule has 1 unspecified atom stereocenters. The number of aromatic carboxylic acids is 1. The number of hydrogen-bond acceptors (Lipinski definition) is 4. The molecule has 0 saturated carbocycles. The van der Waals surface area contributed by atoms with E-state index in [0.29, 0.717) is 29.1 Å². The van der Waals surface area contributed by atoms with E-state index in [1.807, 2.05) is 6.20 Å². The summed E-state index contributed by atoms with van der Waals surface area (Å²) < 4.78 is 6.95. The van der Waals surface area contributed by atoms with Crippen LogP contribution in [0.3, 0.4) is 0 Å². The second-order valence-electron chi connectivity index (χ2n) is 6.35.